The van der Waals surface area contributed by atoms with Crippen LogP contribution < -0.4 is 41.3 Å². The second kappa shape index (κ2) is 59.6. The van der Waals surface area contributed by atoms with Gasteiger partial charge in [-0.05, 0) is 115 Å². The van der Waals surface area contributed by atoms with Gasteiger partial charge in [0.2, 0.25) is 0 Å². The van der Waals surface area contributed by atoms with Gasteiger partial charge in [0.05, 0.1) is 50.1 Å². The van der Waals surface area contributed by atoms with Crippen LogP contribution in [0.4, 0.5) is 34.6 Å². The van der Waals surface area contributed by atoms with Gasteiger partial charge in [-0.25, -0.2) is 17.6 Å². The fourth-order valence-corrected chi connectivity index (χ4v) is 17.6. The quantitative estimate of drug-likeness (QED) is 0.0185. The van der Waals surface area contributed by atoms with Crippen LogP contribution in [-0.4, -0.2) is 313 Å². The minimum absolute atomic E-state index is 0.0912. The average Bonchev–Trinajstić information content (AvgIpc) is 0.849. The standard InChI is InChI=1S/C21H26N2O2.C20H26N2O.C19H24N2O.C15H24FN3.C13H20FN3.C12H16F2N2O.C6H14N2O/c1-2-25-21(24)20-17-22(15-18-9-5-3-6-10-18)13-14-23(20)16-19-11-7-4-8-12-19;1-23-17-20-16-21(14-18-8-4-2-5-9-18)12-13-22(20)15-19-10-6-3-7-11-19;22-16-19-15-20(13-17-7-3-1-4-8-17)11-12-21(19)14-18-9-5-2-6-10-18;1-3-18(4-2)12-13-5-6-15(14(16)11-13)19-9-7-17-8-10-19;1-16(2)10-11-3-4-13(12(14)9-11)17-7-5-15-6-8-17;1-17-8-10-7-16(5-4-15-10)12-3-2-9(13)6-11(12)14;1-9-5-6-4-7-2-3-8-6/h3-12,20H,2,13-17H2,1H3;2-11,20H,12-17H2,1H3;1-10,19,22H,11-16H2;5-6,11,17H,3-4,7-10,12H2,1-2H3;3-4,9,15H,5-8,10H2,1-2H3;2-3,6,10,15H,4-5,7-8H2,1H3;6-8H,2-5H2,1H3. The number of aliphatic hydroxyl groups excluding tert-OH is 1. The molecule has 5 unspecified atom stereocenters. The lowest BCUT2D eigenvalue weighted by Crippen LogP contribution is -2.56. The minimum Gasteiger partial charge on any atom is -0.465 e. The molecule has 26 heteroatoms. The number of benzene rings is 9. The van der Waals surface area contributed by atoms with Gasteiger partial charge in [-0.3, -0.25) is 39.1 Å². The van der Waals surface area contributed by atoms with Gasteiger partial charge in [-0.15, -0.1) is 0 Å². The van der Waals surface area contributed by atoms with E-state index in [-0.39, 0.29) is 42.3 Å². The Hall–Kier alpha value is -9.11. The number of esters is 1. The lowest BCUT2D eigenvalue weighted by molar-refractivity contribution is -0.152. The smallest absolute Gasteiger partial charge is 0.324 e. The molecule has 9 aromatic rings. The molecule has 6 N–H and O–H groups in total. The van der Waals surface area contributed by atoms with Crippen molar-refractivity contribution >= 4 is 23.0 Å². The SMILES string of the molecule is CCN(CC)Cc1ccc(N2CCNCC2)c(F)c1.CCOC(=O)C1CN(Cc2ccccc2)CCN1Cc1ccccc1.CN(C)Cc1ccc(N2CCNCC2)c(F)c1.COCC1CN(Cc2ccccc2)CCN1Cc1ccccc1.COCC1CN(c2ccc(F)cc2F)CCN1.COCC1CNCCN1.OCC1CN(Cc2ccccc2)CCN1Cc1ccccc1. The topological polar surface area (TPSA) is 170 Å². The molecule has 0 aromatic heterocycles. The first-order valence-electron chi connectivity index (χ1n) is 47.6. The number of hydrogen-bond acceptors (Lipinski definition) is 22. The number of piperazine rings is 7. The summed E-state index contributed by atoms with van der Waals surface area (Å²) in [6.45, 7) is 39.5. The summed E-state index contributed by atoms with van der Waals surface area (Å²) in [6.07, 6.45) is 0. The monoisotopic (exact) mass is 1820 g/mol. The summed E-state index contributed by atoms with van der Waals surface area (Å²) >= 11 is 0. The molecule has 7 saturated heterocycles. The molecule has 0 radical (unpaired) electrons. The fourth-order valence-electron chi connectivity index (χ4n) is 17.6. The second-order valence-electron chi connectivity index (χ2n) is 34.9. The van der Waals surface area contributed by atoms with Gasteiger partial charge < -0.3 is 70.2 Å². The maximum Gasteiger partial charge on any atom is 0.324 e. The van der Waals surface area contributed by atoms with E-state index in [1.165, 1.54) is 45.5 Å². The first kappa shape index (κ1) is 105. The van der Waals surface area contributed by atoms with E-state index in [0.717, 1.165) is 238 Å². The lowest BCUT2D eigenvalue weighted by atomic mass is 10.1. The second-order valence-corrected chi connectivity index (χ2v) is 34.9. The molecule has 132 heavy (non-hydrogen) atoms. The molecule has 22 nitrogen and oxygen atoms in total. The van der Waals surface area contributed by atoms with E-state index in [9.17, 15) is 27.5 Å². The molecule has 7 aliphatic rings. The lowest BCUT2D eigenvalue weighted by Gasteiger charge is -2.41. The van der Waals surface area contributed by atoms with Gasteiger partial charge in [0.15, 0.2) is 0 Å². The molecular formula is C106H150F4N16O6. The Balaban J connectivity index is 0.000000162. The summed E-state index contributed by atoms with van der Waals surface area (Å²) in [5, 5.41) is 26.2. The minimum atomic E-state index is -0.546. The van der Waals surface area contributed by atoms with Crippen molar-refractivity contribution in [1.82, 2.24) is 65.8 Å². The van der Waals surface area contributed by atoms with Crippen molar-refractivity contribution in [1.29, 1.82) is 0 Å². The van der Waals surface area contributed by atoms with Crippen LogP contribution in [-0.2, 0) is 76.1 Å². The van der Waals surface area contributed by atoms with Crippen LogP contribution in [0.2, 0.25) is 0 Å². The molecule has 16 rings (SSSR count). The predicted molar refractivity (Wildman–Crippen MR) is 528 cm³/mol. The summed E-state index contributed by atoms with van der Waals surface area (Å²) in [4.78, 5) is 37.5. The van der Waals surface area contributed by atoms with E-state index in [4.69, 9.17) is 18.9 Å². The van der Waals surface area contributed by atoms with Crippen LogP contribution in [0, 0.1) is 23.3 Å². The zero-order valence-corrected chi connectivity index (χ0v) is 79.7. The number of rotatable bonds is 30. The number of nitrogens with zero attached hydrogens (tertiary/aromatic N) is 11. The molecule has 718 valence electrons. The number of anilines is 3. The molecule has 9 aromatic carbocycles. The van der Waals surface area contributed by atoms with E-state index in [2.05, 4.69) is 242 Å². The summed E-state index contributed by atoms with van der Waals surface area (Å²) in [5.41, 5.74) is 11.9. The number of carbonyl (C=O) groups is 1. The van der Waals surface area contributed by atoms with Crippen LogP contribution >= 0.6 is 0 Å². The molecule has 7 aliphatic heterocycles. The third kappa shape index (κ3) is 36.9. The molecule has 0 aliphatic carbocycles. The maximum absolute atomic E-state index is 14.2. The Kier molecular flexibility index (Phi) is 47.4. The number of methoxy groups -OCH3 is 3. The van der Waals surface area contributed by atoms with Gasteiger partial charge >= 0.3 is 5.97 Å². The van der Waals surface area contributed by atoms with Gasteiger partial charge in [-0.1, -0.05) is 208 Å². The van der Waals surface area contributed by atoms with Crippen LogP contribution in [0.3, 0.4) is 0 Å². The summed E-state index contributed by atoms with van der Waals surface area (Å²) in [5.74, 6) is -1.37. The Bertz CT molecular complexity index is 4570. The number of nitrogens with one attached hydrogen (secondary N) is 5. The van der Waals surface area contributed by atoms with Gasteiger partial charge in [0.25, 0.3) is 0 Å². The van der Waals surface area contributed by atoms with Crippen LogP contribution in [0.15, 0.2) is 237 Å². The highest BCUT2D eigenvalue weighted by molar-refractivity contribution is 5.76. The molecule has 0 amide bonds. The van der Waals surface area contributed by atoms with Crippen LogP contribution in [0.25, 0.3) is 0 Å². The average molecular weight is 1820 g/mol. The van der Waals surface area contributed by atoms with E-state index >= 15 is 0 Å². The largest absolute Gasteiger partial charge is 0.465 e. The van der Waals surface area contributed by atoms with E-state index < -0.39 is 11.6 Å². The van der Waals surface area contributed by atoms with Crippen molar-refractivity contribution in [3.63, 3.8) is 0 Å². The molecule has 0 spiro atoms. The Morgan fingerprint density at radius 1 is 0.379 bits per heavy atom. The molecule has 0 bridgehead atoms. The van der Waals surface area contributed by atoms with E-state index in [1.54, 1.807) is 33.5 Å². The summed E-state index contributed by atoms with van der Waals surface area (Å²) in [7, 11) is 9.15. The third-order valence-corrected chi connectivity index (χ3v) is 24.6. The summed E-state index contributed by atoms with van der Waals surface area (Å²) < 4.78 is 75.5. The Morgan fingerprint density at radius 3 is 1.18 bits per heavy atom. The maximum atomic E-state index is 14.2. The zero-order valence-electron chi connectivity index (χ0n) is 79.7. The van der Waals surface area contributed by atoms with Crippen molar-refractivity contribution < 1.29 is 46.4 Å². The normalized spacial score (nSPS) is 19.4. The molecule has 5 atom stereocenters. The van der Waals surface area contributed by atoms with Crippen LogP contribution in [0.1, 0.15) is 65.3 Å². The van der Waals surface area contributed by atoms with E-state index in [0.29, 0.717) is 50.6 Å². The zero-order chi connectivity index (χ0) is 93.3. The van der Waals surface area contributed by atoms with Crippen molar-refractivity contribution in [3.05, 3.63) is 304 Å². The first-order valence-corrected chi connectivity index (χ1v) is 47.6. The fraction of sp³-hybridized carbons (Fsp3) is 0.481. The van der Waals surface area contributed by atoms with Gasteiger partial charge in [-0.2, -0.15) is 0 Å². The third-order valence-electron chi connectivity index (χ3n) is 24.6. The Morgan fingerprint density at radius 2 is 0.765 bits per heavy atom. The first-order chi connectivity index (χ1) is 64.5. The van der Waals surface area contributed by atoms with Crippen molar-refractivity contribution in [2.75, 3.05) is 247 Å². The summed E-state index contributed by atoms with van der Waals surface area (Å²) in [6, 6.07) is 79.4. The highest BCUT2D eigenvalue weighted by Crippen LogP contribution is 2.27. The van der Waals surface area contributed by atoms with Crippen LogP contribution in [0.5, 0.6) is 0 Å². The number of aliphatic hydroxyl groups is 1. The Labute approximate surface area is 785 Å². The highest BCUT2D eigenvalue weighted by Gasteiger charge is 2.35. The van der Waals surface area contributed by atoms with Gasteiger partial charge in [0, 0.05) is 254 Å². The predicted octanol–water partition coefficient (Wildman–Crippen LogP) is 12.3. The number of carbonyl (C=O) groups excluding carboxylic acids is 1. The number of hydrogen-bond donors (Lipinski definition) is 6. The van der Waals surface area contributed by atoms with Crippen molar-refractivity contribution in [2.24, 2.45) is 0 Å². The van der Waals surface area contributed by atoms with E-state index in [1.807, 2.05) is 79.3 Å². The van der Waals surface area contributed by atoms with Crippen molar-refractivity contribution in [2.45, 2.75) is 103 Å². The molecule has 7 fully saturated rings. The van der Waals surface area contributed by atoms with Crippen molar-refractivity contribution in [3.8, 4) is 0 Å². The molecule has 7 heterocycles. The number of halogens is 4. The number of ether oxygens (including phenoxy) is 4. The van der Waals surface area contributed by atoms with Gasteiger partial charge in [0.1, 0.15) is 29.3 Å². The molecular weight excluding hydrogens is 1670 g/mol. The highest BCUT2D eigenvalue weighted by atomic mass is 19.1. The molecule has 0 saturated carbocycles.